The van der Waals surface area contributed by atoms with E-state index < -0.39 is 17.4 Å². The third-order valence-electron chi connectivity index (χ3n) is 18.2. The van der Waals surface area contributed by atoms with Crippen LogP contribution in [0, 0.1) is 62.1 Å². The number of hydrogen-bond acceptors (Lipinski definition) is 6. The quantitative estimate of drug-likeness (QED) is 0.199. The number of phenols is 1. The summed E-state index contributed by atoms with van der Waals surface area (Å²) in [5.41, 5.74) is 0.509. The number of rotatable bonds is 8. The average molecular weight is 787 g/mol. The van der Waals surface area contributed by atoms with E-state index in [1.165, 1.54) is 24.5 Å². The minimum absolute atomic E-state index is 0.0108. The Morgan fingerprint density at radius 3 is 2.14 bits per heavy atom. The van der Waals surface area contributed by atoms with E-state index in [0.717, 1.165) is 51.4 Å². The van der Waals surface area contributed by atoms with Crippen molar-refractivity contribution < 1.29 is 34.1 Å². The van der Waals surface area contributed by atoms with Crippen LogP contribution in [0.15, 0.2) is 36.4 Å². The van der Waals surface area contributed by atoms with Gasteiger partial charge in [-0.1, -0.05) is 58.9 Å². The summed E-state index contributed by atoms with van der Waals surface area (Å²) in [6.07, 6.45) is 10.9. The van der Waals surface area contributed by atoms with Crippen molar-refractivity contribution in [2.24, 2.45) is 62.1 Å². The predicted molar refractivity (Wildman–Crippen MR) is 220 cm³/mol. The first-order chi connectivity index (χ1) is 26.6. The molecule has 7 rings (SSSR count). The van der Waals surface area contributed by atoms with Gasteiger partial charge in [-0.2, -0.15) is 0 Å². The summed E-state index contributed by atoms with van der Waals surface area (Å²) in [5.74, 6) is 0.919. The van der Waals surface area contributed by atoms with Crippen molar-refractivity contribution >= 4 is 23.8 Å². The van der Waals surface area contributed by atoms with Gasteiger partial charge in [0, 0.05) is 38.0 Å². The topological polar surface area (TPSA) is 124 Å². The average Bonchev–Trinajstić information content (AvgIpc) is 3.52. The number of carbonyl (C=O) groups is 4. The van der Waals surface area contributed by atoms with Gasteiger partial charge in [0.25, 0.3) is 5.91 Å². The standard InChI is InChI=1S/C48H70N2O7/c1-30(2)31-16-21-48(28-38(52)49-24-26-50(27-25-49)41(54)32-12-10-11-13-34(32)51)23-22-46(8)33(40(31)48)14-15-36-45(7)19-18-37(57-39(53)29-43(3,4)42(55)56)44(5,6)35(45)17-20-47(36,46)9/h10-13,31,33,35-37,40,51H,1,14-29H2,2-9H3,(H,55,56)/t31-,33+,35-,36+,37-,40+,45-,46+,47+,48+/m0/s1. The number of piperazine rings is 1. The zero-order valence-corrected chi connectivity index (χ0v) is 36.1. The molecule has 0 unspecified atom stereocenters. The fraction of sp³-hybridized carbons (Fsp3) is 0.750. The minimum atomic E-state index is -1.16. The van der Waals surface area contributed by atoms with Gasteiger partial charge in [-0.15, -0.1) is 0 Å². The molecule has 0 radical (unpaired) electrons. The van der Waals surface area contributed by atoms with Gasteiger partial charge in [-0.25, -0.2) is 0 Å². The Hall–Kier alpha value is -3.36. The highest BCUT2D eigenvalue weighted by Gasteiger charge is 2.71. The van der Waals surface area contributed by atoms with Crippen LogP contribution in [0.5, 0.6) is 5.75 Å². The molecule has 9 heteroatoms. The number of aromatic hydroxyl groups is 1. The lowest BCUT2D eigenvalue weighted by Gasteiger charge is -2.73. The van der Waals surface area contributed by atoms with E-state index in [9.17, 15) is 29.4 Å². The molecule has 5 saturated carbocycles. The molecule has 6 fully saturated rings. The van der Waals surface area contributed by atoms with Crippen LogP contribution < -0.4 is 0 Å². The van der Waals surface area contributed by atoms with E-state index in [0.29, 0.717) is 67.8 Å². The second-order valence-corrected chi connectivity index (χ2v) is 21.6. The normalized spacial score (nSPS) is 38.5. The van der Waals surface area contributed by atoms with Crippen molar-refractivity contribution in [3.8, 4) is 5.75 Å². The van der Waals surface area contributed by atoms with E-state index in [2.05, 4.69) is 48.1 Å². The van der Waals surface area contributed by atoms with Crippen molar-refractivity contribution in [3.05, 3.63) is 42.0 Å². The maximum Gasteiger partial charge on any atom is 0.309 e. The van der Waals surface area contributed by atoms with E-state index in [4.69, 9.17) is 4.74 Å². The molecular formula is C48H70N2O7. The van der Waals surface area contributed by atoms with E-state index >= 15 is 0 Å². The monoisotopic (exact) mass is 787 g/mol. The smallest absolute Gasteiger partial charge is 0.309 e. The fourth-order valence-electron chi connectivity index (χ4n) is 14.8. The van der Waals surface area contributed by atoms with Crippen LogP contribution in [0.25, 0.3) is 0 Å². The lowest BCUT2D eigenvalue weighted by Crippen LogP contribution is -2.67. The first-order valence-corrected chi connectivity index (χ1v) is 22.0. The number of phenolic OH excluding ortho intramolecular Hbond substituents is 1. The molecule has 6 aliphatic rings. The van der Waals surface area contributed by atoms with Gasteiger partial charge in [-0.3, -0.25) is 19.2 Å². The molecule has 57 heavy (non-hydrogen) atoms. The van der Waals surface area contributed by atoms with Crippen LogP contribution in [0.1, 0.15) is 143 Å². The van der Waals surface area contributed by atoms with Gasteiger partial charge in [0.2, 0.25) is 5.91 Å². The molecule has 314 valence electrons. The van der Waals surface area contributed by atoms with Gasteiger partial charge >= 0.3 is 11.9 Å². The molecule has 5 aliphatic carbocycles. The largest absolute Gasteiger partial charge is 0.507 e. The maximum atomic E-state index is 14.4. The molecule has 2 N–H and O–H groups in total. The van der Waals surface area contributed by atoms with Crippen molar-refractivity contribution in [2.45, 2.75) is 139 Å². The Morgan fingerprint density at radius 2 is 1.49 bits per heavy atom. The highest BCUT2D eigenvalue weighted by atomic mass is 16.5. The first-order valence-electron chi connectivity index (χ1n) is 22.0. The van der Waals surface area contributed by atoms with Gasteiger partial charge in [-0.05, 0) is 148 Å². The number of esters is 1. The number of allylic oxidation sites excluding steroid dienone is 1. The number of amides is 2. The maximum absolute atomic E-state index is 14.4. The summed E-state index contributed by atoms with van der Waals surface area (Å²) in [6.45, 7) is 24.3. The van der Waals surface area contributed by atoms with Crippen molar-refractivity contribution in [2.75, 3.05) is 26.2 Å². The molecular weight excluding hydrogens is 717 g/mol. The SMILES string of the molecule is C=C(C)[C@@H]1CC[C@]2(CC(=O)N3CCN(C(=O)c4ccccc4O)CC3)CC[C@]3(C)[C@H](CC[C@@H]4[C@@]5(C)CC[C@H](OC(=O)CC(C)(C)C(=O)O)C(C)(C)[C@@H]5CC[C@]43C)[C@@H]12. The lowest BCUT2D eigenvalue weighted by molar-refractivity contribution is -0.250. The number of benzene rings is 1. The van der Waals surface area contributed by atoms with Gasteiger partial charge < -0.3 is 24.7 Å². The Labute approximate surface area is 341 Å². The fourth-order valence-corrected chi connectivity index (χ4v) is 14.8. The van der Waals surface area contributed by atoms with Crippen LogP contribution in [0.2, 0.25) is 0 Å². The summed E-state index contributed by atoms with van der Waals surface area (Å²) in [7, 11) is 0. The van der Waals surface area contributed by atoms with Crippen LogP contribution in [0.3, 0.4) is 0 Å². The number of carboxylic acid groups (broad SMARTS) is 1. The van der Waals surface area contributed by atoms with E-state index in [1.54, 1.807) is 36.9 Å². The minimum Gasteiger partial charge on any atom is -0.507 e. The molecule has 10 atom stereocenters. The Morgan fingerprint density at radius 1 is 0.825 bits per heavy atom. The Balaban J connectivity index is 1.08. The molecule has 1 aliphatic heterocycles. The summed E-state index contributed by atoms with van der Waals surface area (Å²) < 4.78 is 6.19. The summed E-state index contributed by atoms with van der Waals surface area (Å²) in [5, 5.41) is 19.9. The molecule has 1 heterocycles. The zero-order chi connectivity index (χ0) is 41.5. The Kier molecular flexibility index (Phi) is 10.6. The van der Waals surface area contributed by atoms with Crippen molar-refractivity contribution in [1.29, 1.82) is 0 Å². The number of ether oxygens (including phenoxy) is 1. The number of nitrogens with zero attached hydrogens (tertiary/aromatic N) is 2. The molecule has 9 nitrogen and oxygen atoms in total. The van der Waals surface area contributed by atoms with Crippen LogP contribution >= 0.6 is 0 Å². The first kappa shape index (κ1) is 41.8. The molecule has 1 aromatic carbocycles. The van der Waals surface area contributed by atoms with Crippen molar-refractivity contribution in [1.82, 2.24) is 9.80 Å². The van der Waals surface area contributed by atoms with Crippen molar-refractivity contribution in [3.63, 3.8) is 0 Å². The van der Waals surface area contributed by atoms with E-state index in [1.807, 2.05) is 4.90 Å². The summed E-state index contributed by atoms with van der Waals surface area (Å²) in [6, 6.07) is 6.67. The van der Waals surface area contributed by atoms with Crippen LogP contribution in [-0.2, 0) is 19.1 Å². The second kappa shape index (κ2) is 14.4. The number of fused-ring (bicyclic) bond motifs is 7. The molecule has 0 aromatic heterocycles. The van der Waals surface area contributed by atoms with Crippen LogP contribution in [0.4, 0.5) is 0 Å². The van der Waals surface area contributed by atoms with E-state index in [-0.39, 0.29) is 57.2 Å². The number of carbonyl (C=O) groups excluding carboxylic acids is 3. The molecule has 0 spiro atoms. The van der Waals surface area contributed by atoms with Gasteiger partial charge in [0.05, 0.1) is 17.4 Å². The Bertz CT molecular complexity index is 1800. The molecule has 2 amide bonds. The number of aliphatic carboxylic acids is 1. The number of carboxylic acids is 1. The molecule has 1 saturated heterocycles. The van der Waals surface area contributed by atoms with Gasteiger partial charge in [0.15, 0.2) is 0 Å². The van der Waals surface area contributed by atoms with Gasteiger partial charge in [0.1, 0.15) is 11.9 Å². The summed E-state index contributed by atoms with van der Waals surface area (Å²) >= 11 is 0. The predicted octanol–water partition coefficient (Wildman–Crippen LogP) is 9.14. The highest BCUT2D eigenvalue weighted by molar-refractivity contribution is 5.97. The second-order valence-electron chi connectivity index (χ2n) is 21.6. The summed E-state index contributed by atoms with van der Waals surface area (Å²) in [4.78, 5) is 56.2. The number of para-hydroxylation sites is 1. The molecule has 0 bridgehead atoms. The third kappa shape index (κ3) is 6.63. The lowest BCUT2D eigenvalue weighted by atomic mass is 9.32. The zero-order valence-electron chi connectivity index (χ0n) is 36.1. The van der Waals surface area contributed by atoms with Crippen LogP contribution in [-0.4, -0.2) is 76.0 Å². The highest BCUT2D eigenvalue weighted by Crippen LogP contribution is 2.78. The number of hydrogen-bond donors (Lipinski definition) is 2. The third-order valence-corrected chi connectivity index (χ3v) is 18.2. The molecule has 1 aromatic rings.